The van der Waals surface area contributed by atoms with Gasteiger partial charge < -0.3 is 19.1 Å². The summed E-state index contributed by atoms with van der Waals surface area (Å²) in [5, 5.41) is 3.11. The first-order chi connectivity index (χ1) is 16.7. The average Bonchev–Trinajstić information content (AvgIpc) is 2.85. The summed E-state index contributed by atoms with van der Waals surface area (Å²) in [7, 11) is 0. The molecule has 1 amide bonds. The minimum absolute atomic E-state index is 0.0565. The lowest BCUT2D eigenvalue weighted by atomic mass is 10.0. The third-order valence-electron chi connectivity index (χ3n) is 5.47. The molecule has 1 aliphatic rings. The smallest absolute Gasteiger partial charge is 0.410 e. The lowest BCUT2D eigenvalue weighted by Gasteiger charge is -2.34. The molecule has 2 aromatic carbocycles. The van der Waals surface area contributed by atoms with Crippen LogP contribution in [0.15, 0.2) is 60.7 Å². The van der Waals surface area contributed by atoms with E-state index in [1.54, 1.807) is 4.90 Å². The van der Waals surface area contributed by atoms with E-state index in [1.165, 1.54) is 0 Å². The molecule has 35 heavy (non-hydrogen) atoms. The fourth-order valence-electron chi connectivity index (χ4n) is 3.65. The van der Waals surface area contributed by atoms with Crippen LogP contribution < -0.4 is 5.32 Å². The number of carbonyl (C=O) groups excluding carboxylic acids is 3. The van der Waals surface area contributed by atoms with Crippen molar-refractivity contribution >= 4 is 18.0 Å². The zero-order valence-electron chi connectivity index (χ0n) is 20.6. The van der Waals surface area contributed by atoms with Crippen LogP contribution in [0.5, 0.6) is 0 Å². The van der Waals surface area contributed by atoms with Crippen molar-refractivity contribution in [3.63, 3.8) is 0 Å². The molecule has 188 valence electrons. The summed E-state index contributed by atoms with van der Waals surface area (Å²) in [5.41, 5.74) is 1.08. The van der Waals surface area contributed by atoms with Gasteiger partial charge >= 0.3 is 18.0 Å². The number of rotatable bonds is 8. The highest BCUT2D eigenvalue weighted by molar-refractivity contribution is 5.99. The summed E-state index contributed by atoms with van der Waals surface area (Å²) in [5.74, 6) is -1.39. The average molecular weight is 483 g/mol. The van der Waals surface area contributed by atoms with E-state index in [4.69, 9.17) is 14.2 Å². The van der Waals surface area contributed by atoms with E-state index in [1.807, 2.05) is 81.4 Å². The van der Waals surface area contributed by atoms with Crippen molar-refractivity contribution in [1.29, 1.82) is 0 Å². The van der Waals surface area contributed by atoms with Crippen molar-refractivity contribution in [1.82, 2.24) is 10.2 Å². The van der Waals surface area contributed by atoms with E-state index in [0.717, 1.165) is 11.1 Å². The molecule has 0 unspecified atom stereocenters. The van der Waals surface area contributed by atoms with Crippen LogP contribution in [-0.4, -0.2) is 53.7 Å². The standard InChI is InChI=1S/C27H34N2O6/c1-27(2,3)35-26(32)29-16-14-22(15-17-29)28-23(24(30)33-18-20-10-6-4-7-11-20)25(31)34-19-21-12-8-5-9-13-21/h4-13,22-23,28H,14-19H2,1-3H3. The Hall–Kier alpha value is -3.39. The van der Waals surface area contributed by atoms with E-state index in [9.17, 15) is 14.4 Å². The van der Waals surface area contributed by atoms with E-state index in [0.29, 0.717) is 25.9 Å². The van der Waals surface area contributed by atoms with E-state index >= 15 is 0 Å². The van der Waals surface area contributed by atoms with Crippen LogP contribution in [0.2, 0.25) is 0 Å². The zero-order valence-corrected chi connectivity index (χ0v) is 20.6. The number of carbonyl (C=O) groups is 3. The molecule has 1 aliphatic heterocycles. The molecule has 1 heterocycles. The van der Waals surface area contributed by atoms with Crippen LogP contribution >= 0.6 is 0 Å². The van der Waals surface area contributed by atoms with Gasteiger partial charge in [-0.1, -0.05) is 60.7 Å². The number of ether oxygens (including phenoxy) is 3. The predicted octanol–water partition coefficient (Wildman–Crippen LogP) is 3.83. The monoisotopic (exact) mass is 482 g/mol. The largest absolute Gasteiger partial charge is 0.459 e. The number of likely N-dealkylation sites (tertiary alicyclic amines) is 1. The summed E-state index contributed by atoms with van der Waals surface area (Å²) in [6, 6.07) is 17.1. The van der Waals surface area contributed by atoms with Crippen LogP contribution in [0.3, 0.4) is 0 Å². The topological polar surface area (TPSA) is 94.2 Å². The van der Waals surface area contributed by atoms with E-state index < -0.39 is 23.6 Å². The zero-order chi connectivity index (χ0) is 25.3. The minimum atomic E-state index is -1.26. The lowest BCUT2D eigenvalue weighted by molar-refractivity contribution is -0.160. The Morgan fingerprint density at radius 1 is 0.857 bits per heavy atom. The number of hydrogen-bond donors (Lipinski definition) is 1. The molecule has 2 aromatic rings. The summed E-state index contributed by atoms with van der Waals surface area (Å²) >= 11 is 0. The van der Waals surface area contributed by atoms with Crippen LogP contribution in [0, 0.1) is 0 Å². The van der Waals surface area contributed by atoms with Crippen molar-refractivity contribution < 1.29 is 28.6 Å². The maximum absolute atomic E-state index is 12.9. The predicted molar refractivity (Wildman–Crippen MR) is 130 cm³/mol. The van der Waals surface area contributed by atoms with Crippen molar-refractivity contribution in [2.45, 2.75) is 64.5 Å². The number of piperidine rings is 1. The second-order valence-corrected chi connectivity index (χ2v) is 9.53. The Kier molecular flexibility index (Phi) is 9.25. The summed E-state index contributed by atoms with van der Waals surface area (Å²) in [6.45, 7) is 6.50. The van der Waals surface area contributed by atoms with Crippen LogP contribution in [0.4, 0.5) is 4.79 Å². The van der Waals surface area contributed by atoms with Gasteiger partial charge in [-0.25, -0.2) is 14.4 Å². The molecule has 1 saturated heterocycles. The van der Waals surface area contributed by atoms with Gasteiger partial charge in [0.15, 0.2) is 0 Å². The molecule has 8 nitrogen and oxygen atoms in total. The molecule has 0 saturated carbocycles. The molecule has 0 spiro atoms. The highest BCUT2D eigenvalue weighted by Gasteiger charge is 2.34. The second kappa shape index (κ2) is 12.4. The Bertz CT molecular complexity index is 911. The normalized spacial score (nSPS) is 14.5. The van der Waals surface area contributed by atoms with E-state index in [-0.39, 0.29) is 25.3 Å². The highest BCUT2D eigenvalue weighted by atomic mass is 16.6. The second-order valence-electron chi connectivity index (χ2n) is 9.53. The molecular formula is C27H34N2O6. The number of nitrogens with one attached hydrogen (secondary N) is 1. The van der Waals surface area contributed by atoms with Gasteiger partial charge in [-0.2, -0.15) is 0 Å². The van der Waals surface area contributed by atoms with Gasteiger partial charge in [-0.3, -0.25) is 5.32 Å². The SMILES string of the molecule is CC(C)(C)OC(=O)N1CCC(NC(C(=O)OCc2ccccc2)C(=O)OCc2ccccc2)CC1. The number of hydrogen-bond acceptors (Lipinski definition) is 7. The first-order valence-corrected chi connectivity index (χ1v) is 11.9. The highest BCUT2D eigenvalue weighted by Crippen LogP contribution is 2.17. The Morgan fingerprint density at radius 2 is 1.31 bits per heavy atom. The number of amides is 1. The summed E-state index contributed by atoms with van der Waals surface area (Å²) in [4.78, 5) is 39.8. The fraction of sp³-hybridized carbons (Fsp3) is 0.444. The molecular weight excluding hydrogens is 448 g/mol. The lowest BCUT2D eigenvalue weighted by Crippen LogP contribution is -2.53. The molecule has 1 fully saturated rings. The van der Waals surface area contributed by atoms with Gasteiger partial charge in [0.25, 0.3) is 0 Å². The Labute approximate surface area is 206 Å². The van der Waals surface area contributed by atoms with Gasteiger partial charge in [0.05, 0.1) is 0 Å². The van der Waals surface area contributed by atoms with Gasteiger partial charge in [-0.05, 0) is 44.7 Å². The van der Waals surface area contributed by atoms with Crippen LogP contribution in [0.25, 0.3) is 0 Å². The van der Waals surface area contributed by atoms with Gasteiger partial charge in [0.2, 0.25) is 6.04 Å². The molecule has 8 heteroatoms. The first kappa shape index (κ1) is 26.2. The molecule has 0 radical (unpaired) electrons. The van der Waals surface area contributed by atoms with Gasteiger partial charge in [-0.15, -0.1) is 0 Å². The van der Waals surface area contributed by atoms with Crippen LogP contribution in [-0.2, 0) is 37.0 Å². The minimum Gasteiger partial charge on any atom is -0.459 e. The van der Waals surface area contributed by atoms with Gasteiger partial charge in [0, 0.05) is 19.1 Å². The Morgan fingerprint density at radius 3 is 1.74 bits per heavy atom. The van der Waals surface area contributed by atoms with E-state index in [2.05, 4.69) is 5.32 Å². The molecule has 0 aromatic heterocycles. The Balaban J connectivity index is 1.59. The first-order valence-electron chi connectivity index (χ1n) is 11.9. The third kappa shape index (κ3) is 8.72. The molecule has 3 rings (SSSR count). The number of esters is 2. The van der Waals surface area contributed by atoms with Crippen molar-refractivity contribution in [3.8, 4) is 0 Å². The molecule has 0 aliphatic carbocycles. The summed E-state index contributed by atoms with van der Waals surface area (Å²) in [6.07, 6.45) is 0.762. The molecule has 0 bridgehead atoms. The fourth-order valence-corrected chi connectivity index (χ4v) is 3.65. The van der Waals surface area contributed by atoms with Crippen molar-refractivity contribution in [2.24, 2.45) is 0 Å². The maximum Gasteiger partial charge on any atom is 0.410 e. The quantitative estimate of drug-likeness (QED) is 0.347. The van der Waals surface area contributed by atoms with Gasteiger partial charge in [0.1, 0.15) is 18.8 Å². The van der Waals surface area contributed by atoms with Crippen LogP contribution in [0.1, 0.15) is 44.7 Å². The maximum atomic E-state index is 12.9. The number of nitrogens with zero attached hydrogens (tertiary/aromatic N) is 1. The number of benzene rings is 2. The molecule has 1 N–H and O–H groups in total. The van der Waals surface area contributed by atoms with Crippen molar-refractivity contribution in [3.05, 3.63) is 71.8 Å². The third-order valence-corrected chi connectivity index (χ3v) is 5.47. The summed E-state index contributed by atoms with van der Waals surface area (Å²) < 4.78 is 16.3. The van der Waals surface area contributed by atoms with Crippen molar-refractivity contribution in [2.75, 3.05) is 13.1 Å². The molecule has 0 atom stereocenters.